The van der Waals surface area contributed by atoms with E-state index in [0.717, 1.165) is 38.2 Å². The molecule has 2 aliphatic heterocycles. The molecule has 0 radical (unpaired) electrons. The van der Waals surface area contributed by atoms with Crippen LogP contribution in [-0.2, 0) is 12.1 Å². The van der Waals surface area contributed by atoms with E-state index in [-0.39, 0.29) is 5.54 Å². The van der Waals surface area contributed by atoms with E-state index in [2.05, 4.69) is 87.9 Å². The van der Waals surface area contributed by atoms with Gasteiger partial charge in [0.15, 0.2) is 5.54 Å². The standard InChI is InChI=1S/C21H24N4/c1-17-21(23-24-22-17,19-10-6-3-7-11-19)20-12-14-25(15-13-20)16-18-8-4-2-5-9-18/h2-11,20H,12-16H2,1H3. The number of hydrogen-bond donors (Lipinski definition) is 0. The number of piperidine rings is 1. The Kier molecular flexibility index (Phi) is 4.45. The van der Waals surface area contributed by atoms with E-state index in [1.165, 1.54) is 11.1 Å². The van der Waals surface area contributed by atoms with Crippen LogP contribution in [0, 0.1) is 5.92 Å². The third-order valence-electron chi connectivity index (χ3n) is 5.59. The van der Waals surface area contributed by atoms with E-state index >= 15 is 0 Å². The van der Waals surface area contributed by atoms with Gasteiger partial charge in [-0.3, -0.25) is 4.90 Å². The molecule has 1 atom stereocenters. The van der Waals surface area contributed by atoms with Crippen molar-refractivity contribution in [1.29, 1.82) is 0 Å². The first-order chi connectivity index (χ1) is 12.3. The van der Waals surface area contributed by atoms with Crippen LogP contribution < -0.4 is 0 Å². The molecule has 0 aliphatic carbocycles. The molecule has 2 heterocycles. The van der Waals surface area contributed by atoms with Gasteiger partial charge in [0.1, 0.15) is 0 Å². The lowest BCUT2D eigenvalue weighted by molar-refractivity contribution is 0.147. The lowest BCUT2D eigenvalue weighted by atomic mass is 9.71. The fraction of sp³-hybridized carbons (Fsp3) is 0.381. The highest BCUT2D eigenvalue weighted by molar-refractivity contribution is 5.93. The Labute approximate surface area is 149 Å². The molecule has 0 aromatic heterocycles. The van der Waals surface area contributed by atoms with Crippen LogP contribution in [0.3, 0.4) is 0 Å². The molecule has 4 nitrogen and oxygen atoms in total. The predicted octanol–water partition coefficient (Wildman–Crippen LogP) is 4.64. The summed E-state index contributed by atoms with van der Waals surface area (Å²) in [6, 6.07) is 21.3. The Morgan fingerprint density at radius 3 is 2.20 bits per heavy atom. The average Bonchev–Trinajstić information content (AvgIpc) is 3.06. The number of likely N-dealkylation sites (tertiary alicyclic amines) is 1. The fourth-order valence-electron chi connectivity index (χ4n) is 4.23. The van der Waals surface area contributed by atoms with E-state index < -0.39 is 0 Å². The van der Waals surface area contributed by atoms with Gasteiger partial charge in [-0.25, -0.2) is 0 Å². The largest absolute Gasteiger partial charge is 0.299 e. The van der Waals surface area contributed by atoms with E-state index in [1.807, 2.05) is 0 Å². The van der Waals surface area contributed by atoms with Crippen molar-refractivity contribution >= 4 is 5.71 Å². The molecule has 1 fully saturated rings. The molecule has 0 N–H and O–H groups in total. The van der Waals surface area contributed by atoms with Crippen molar-refractivity contribution in [3.63, 3.8) is 0 Å². The van der Waals surface area contributed by atoms with Crippen molar-refractivity contribution in [3.05, 3.63) is 71.8 Å². The minimum atomic E-state index is -0.361. The van der Waals surface area contributed by atoms with Crippen molar-refractivity contribution in [2.24, 2.45) is 21.4 Å². The molecule has 0 saturated carbocycles. The molecule has 2 aromatic carbocycles. The van der Waals surface area contributed by atoms with Crippen molar-refractivity contribution in [3.8, 4) is 0 Å². The number of hydrogen-bond acceptors (Lipinski definition) is 4. The maximum absolute atomic E-state index is 4.65. The van der Waals surface area contributed by atoms with Crippen LogP contribution in [0.15, 0.2) is 76.1 Å². The quantitative estimate of drug-likeness (QED) is 0.804. The van der Waals surface area contributed by atoms with Crippen LogP contribution in [0.5, 0.6) is 0 Å². The van der Waals surface area contributed by atoms with E-state index in [1.54, 1.807) is 0 Å². The van der Waals surface area contributed by atoms with E-state index in [0.29, 0.717) is 5.92 Å². The summed E-state index contributed by atoms with van der Waals surface area (Å²) in [5.74, 6) is 0.455. The van der Waals surface area contributed by atoms with Crippen molar-refractivity contribution < 1.29 is 0 Å². The molecule has 128 valence electrons. The number of benzene rings is 2. The van der Waals surface area contributed by atoms with Crippen LogP contribution >= 0.6 is 0 Å². The van der Waals surface area contributed by atoms with Crippen LogP contribution in [0.4, 0.5) is 0 Å². The number of rotatable bonds is 4. The van der Waals surface area contributed by atoms with Gasteiger partial charge in [0.2, 0.25) is 0 Å². The Balaban J connectivity index is 1.50. The highest BCUT2D eigenvalue weighted by Gasteiger charge is 2.47. The van der Waals surface area contributed by atoms with Crippen molar-refractivity contribution in [1.82, 2.24) is 4.90 Å². The molecule has 4 rings (SSSR count). The molecule has 2 aromatic rings. The second-order valence-corrected chi connectivity index (χ2v) is 7.04. The first-order valence-corrected chi connectivity index (χ1v) is 9.08. The summed E-state index contributed by atoms with van der Waals surface area (Å²) in [5, 5.41) is 13.0. The summed E-state index contributed by atoms with van der Waals surface area (Å²) in [6.07, 6.45) is 2.24. The lowest BCUT2D eigenvalue weighted by Crippen LogP contribution is -2.45. The Hall–Kier alpha value is -2.33. The van der Waals surface area contributed by atoms with Gasteiger partial charge >= 0.3 is 0 Å². The summed E-state index contributed by atoms with van der Waals surface area (Å²) in [4.78, 5) is 2.54. The second-order valence-electron chi connectivity index (χ2n) is 7.04. The summed E-state index contributed by atoms with van der Waals surface area (Å²) in [7, 11) is 0. The number of nitrogens with zero attached hydrogens (tertiary/aromatic N) is 4. The summed E-state index contributed by atoms with van der Waals surface area (Å²) in [5.41, 5.74) is 3.27. The minimum absolute atomic E-state index is 0.361. The Bertz CT molecular complexity index is 761. The molecule has 0 spiro atoms. The average molecular weight is 332 g/mol. The van der Waals surface area contributed by atoms with Gasteiger partial charge < -0.3 is 0 Å². The second kappa shape index (κ2) is 6.89. The molecule has 1 saturated heterocycles. The van der Waals surface area contributed by atoms with Gasteiger partial charge in [0.25, 0.3) is 0 Å². The highest BCUT2D eigenvalue weighted by Crippen LogP contribution is 2.43. The lowest BCUT2D eigenvalue weighted by Gasteiger charge is -2.40. The maximum atomic E-state index is 4.65. The van der Waals surface area contributed by atoms with Gasteiger partial charge in [0.05, 0.1) is 5.71 Å². The monoisotopic (exact) mass is 332 g/mol. The van der Waals surface area contributed by atoms with Crippen LogP contribution in [-0.4, -0.2) is 23.7 Å². The zero-order valence-electron chi connectivity index (χ0n) is 14.7. The maximum Gasteiger partial charge on any atom is 0.151 e. The first-order valence-electron chi connectivity index (χ1n) is 9.08. The fourth-order valence-corrected chi connectivity index (χ4v) is 4.23. The molecule has 25 heavy (non-hydrogen) atoms. The Morgan fingerprint density at radius 1 is 0.960 bits per heavy atom. The van der Waals surface area contributed by atoms with E-state index in [9.17, 15) is 0 Å². The third-order valence-corrected chi connectivity index (χ3v) is 5.59. The van der Waals surface area contributed by atoms with Gasteiger partial charge in [0, 0.05) is 6.54 Å². The predicted molar refractivity (Wildman–Crippen MR) is 101 cm³/mol. The molecule has 0 amide bonds. The minimum Gasteiger partial charge on any atom is -0.299 e. The van der Waals surface area contributed by atoms with Gasteiger partial charge in [-0.1, -0.05) is 60.7 Å². The summed E-state index contributed by atoms with van der Waals surface area (Å²) >= 11 is 0. The van der Waals surface area contributed by atoms with Gasteiger partial charge in [-0.15, -0.1) is 5.10 Å². The molecule has 2 aliphatic rings. The summed E-state index contributed by atoms with van der Waals surface area (Å²) in [6.45, 7) is 5.29. The highest BCUT2D eigenvalue weighted by atomic mass is 15.4. The normalized spacial score (nSPS) is 24.4. The zero-order valence-corrected chi connectivity index (χ0v) is 14.7. The van der Waals surface area contributed by atoms with Crippen LogP contribution in [0.1, 0.15) is 30.9 Å². The zero-order chi connectivity index (χ0) is 17.1. The van der Waals surface area contributed by atoms with Crippen molar-refractivity contribution in [2.75, 3.05) is 13.1 Å². The third kappa shape index (κ3) is 3.02. The Morgan fingerprint density at radius 2 is 1.60 bits per heavy atom. The first kappa shape index (κ1) is 16.2. The molecular formula is C21H24N4. The van der Waals surface area contributed by atoms with Gasteiger partial charge in [-0.2, -0.15) is 5.11 Å². The molecule has 4 heteroatoms. The SMILES string of the molecule is CC1=NN=NC1(c1ccccc1)C1CCN(Cc2ccccc2)CC1. The van der Waals surface area contributed by atoms with Crippen molar-refractivity contribution in [2.45, 2.75) is 31.8 Å². The molecular weight excluding hydrogens is 308 g/mol. The van der Waals surface area contributed by atoms with Crippen LogP contribution in [0.25, 0.3) is 0 Å². The topological polar surface area (TPSA) is 40.3 Å². The summed E-state index contributed by atoms with van der Waals surface area (Å²) < 4.78 is 0. The smallest absolute Gasteiger partial charge is 0.151 e. The molecule has 0 bridgehead atoms. The van der Waals surface area contributed by atoms with Gasteiger partial charge in [-0.05, 0) is 55.1 Å². The molecule has 1 unspecified atom stereocenters. The van der Waals surface area contributed by atoms with E-state index in [4.69, 9.17) is 0 Å². The van der Waals surface area contributed by atoms with Crippen LogP contribution in [0.2, 0.25) is 0 Å².